The average molecular weight is 380 g/mol. The summed E-state index contributed by atoms with van der Waals surface area (Å²) in [6, 6.07) is 9.55. The van der Waals surface area contributed by atoms with Crippen molar-refractivity contribution in [2.24, 2.45) is 5.92 Å². The van der Waals surface area contributed by atoms with E-state index in [1.807, 2.05) is 35.0 Å². The van der Waals surface area contributed by atoms with Crippen LogP contribution in [0.3, 0.4) is 0 Å². The van der Waals surface area contributed by atoms with Crippen LogP contribution in [0, 0.1) is 5.92 Å². The van der Waals surface area contributed by atoms with Crippen LogP contribution < -0.4 is 10.3 Å². The van der Waals surface area contributed by atoms with Gasteiger partial charge in [-0.05, 0) is 49.5 Å². The number of ether oxygens (including phenoxy) is 1. The molecular formula is C22H28N4O2. The lowest BCUT2D eigenvalue weighted by atomic mass is 9.92. The number of aromatic amines is 1. The van der Waals surface area contributed by atoms with E-state index in [2.05, 4.69) is 28.8 Å². The van der Waals surface area contributed by atoms with Crippen molar-refractivity contribution in [1.82, 2.24) is 19.5 Å². The van der Waals surface area contributed by atoms with E-state index in [9.17, 15) is 4.79 Å². The highest BCUT2D eigenvalue weighted by Gasteiger charge is 2.24. The number of hydrogen-bond acceptors (Lipinski definition) is 4. The molecule has 6 heteroatoms. The Morgan fingerprint density at radius 1 is 1.21 bits per heavy atom. The Morgan fingerprint density at radius 3 is 2.57 bits per heavy atom. The quantitative estimate of drug-likeness (QED) is 0.735. The van der Waals surface area contributed by atoms with Gasteiger partial charge in [-0.3, -0.25) is 4.79 Å². The maximum Gasteiger partial charge on any atom is 0.251 e. The Bertz CT molecular complexity index is 996. The average Bonchev–Trinajstić information content (AvgIpc) is 3.11. The molecule has 2 aromatic heterocycles. The van der Waals surface area contributed by atoms with E-state index in [-0.39, 0.29) is 5.56 Å². The highest BCUT2D eigenvalue weighted by molar-refractivity contribution is 5.77. The van der Waals surface area contributed by atoms with Gasteiger partial charge in [0, 0.05) is 24.1 Å². The SMILES string of the molecule is COc1ccc(-c2cnn3c(C4CCN(CC(C)C)CC4)cc(=O)[nH]c23)cc1. The van der Waals surface area contributed by atoms with E-state index in [0.29, 0.717) is 11.8 Å². The van der Waals surface area contributed by atoms with Crippen LogP contribution in [-0.2, 0) is 0 Å². The normalized spacial score (nSPS) is 16.1. The van der Waals surface area contributed by atoms with Crippen molar-refractivity contribution < 1.29 is 4.74 Å². The zero-order valence-electron chi connectivity index (χ0n) is 16.8. The van der Waals surface area contributed by atoms with Gasteiger partial charge in [0.05, 0.1) is 19.0 Å². The summed E-state index contributed by atoms with van der Waals surface area (Å²) >= 11 is 0. The molecule has 0 aliphatic carbocycles. The van der Waals surface area contributed by atoms with Crippen LogP contribution in [-0.4, -0.2) is 46.2 Å². The van der Waals surface area contributed by atoms with Crippen LogP contribution in [0.2, 0.25) is 0 Å². The summed E-state index contributed by atoms with van der Waals surface area (Å²) in [6.45, 7) is 7.81. The third kappa shape index (κ3) is 3.69. The largest absolute Gasteiger partial charge is 0.497 e. The molecule has 0 unspecified atom stereocenters. The maximum absolute atomic E-state index is 12.4. The maximum atomic E-state index is 12.4. The van der Waals surface area contributed by atoms with E-state index < -0.39 is 0 Å². The van der Waals surface area contributed by atoms with Crippen molar-refractivity contribution in [3.8, 4) is 16.9 Å². The first-order chi connectivity index (χ1) is 13.5. The standard InChI is InChI=1S/C22H28N4O2/c1-15(2)14-25-10-8-17(9-11-25)20-12-21(27)24-22-19(13-23-26(20)22)16-4-6-18(28-3)7-5-16/h4-7,12-13,15,17H,8-11,14H2,1-3H3,(H,24,27). The minimum absolute atomic E-state index is 0.0672. The molecule has 4 rings (SSSR count). The molecule has 6 nitrogen and oxygen atoms in total. The summed E-state index contributed by atoms with van der Waals surface area (Å²) in [5.41, 5.74) is 3.65. The van der Waals surface area contributed by atoms with E-state index in [1.165, 1.54) is 0 Å². The van der Waals surface area contributed by atoms with E-state index in [0.717, 1.165) is 60.7 Å². The van der Waals surface area contributed by atoms with Gasteiger partial charge in [0.15, 0.2) is 0 Å². The molecule has 1 N–H and O–H groups in total. The van der Waals surface area contributed by atoms with E-state index in [1.54, 1.807) is 13.2 Å². The second-order valence-corrected chi connectivity index (χ2v) is 8.07. The summed E-state index contributed by atoms with van der Waals surface area (Å²) in [6.07, 6.45) is 3.95. The van der Waals surface area contributed by atoms with Crippen molar-refractivity contribution in [3.05, 3.63) is 52.6 Å². The lowest BCUT2D eigenvalue weighted by Crippen LogP contribution is -2.36. The molecule has 0 radical (unpaired) electrons. The molecule has 1 aliphatic heterocycles. The van der Waals surface area contributed by atoms with Crippen LogP contribution in [0.15, 0.2) is 41.3 Å². The van der Waals surface area contributed by atoms with E-state index >= 15 is 0 Å². The number of benzene rings is 1. The molecule has 1 saturated heterocycles. The molecule has 1 fully saturated rings. The summed E-state index contributed by atoms with van der Waals surface area (Å²) < 4.78 is 7.16. The number of rotatable bonds is 5. The predicted octanol–water partition coefficient (Wildman–Crippen LogP) is 3.53. The molecule has 0 spiro atoms. The fourth-order valence-electron chi connectivity index (χ4n) is 4.21. The number of nitrogens with zero attached hydrogens (tertiary/aromatic N) is 3. The first-order valence-corrected chi connectivity index (χ1v) is 10.0. The molecule has 1 aliphatic rings. The first kappa shape index (κ1) is 18.7. The monoisotopic (exact) mass is 380 g/mol. The number of fused-ring (bicyclic) bond motifs is 1. The van der Waals surface area contributed by atoms with Gasteiger partial charge in [0.1, 0.15) is 11.4 Å². The summed E-state index contributed by atoms with van der Waals surface area (Å²) in [4.78, 5) is 17.9. The zero-order valence-corrected chi connectivity index (χ0v) is 16.8. The molecule has 0 saturated carbocycles. The number of aromatic nitrogens is 3. The van der Waals surface area contributed by atoms with Gasteiger partial charge in [0.25, 0.3) is 5.56 Å². The van der Waals surface area contributed by atoms with Crippen LogP contribution >= 0.6 is 0 Å². The Kier molecular flexibility index (Phi) is 5.22. The lowest BCUT2D eigenvalue weighted by molar-refractivity contribution is 0.190. The Balaban J connectivity index is 1.65. The molecule has 1 aromatic carbocycles. The second-order valence-electron chi connectivity index (χ2n) is 8.07. The van der Waals surface area contributed by atoms with Gasteiger partial charge in [0.2, 0.25) is 0 Å². The second kappa shape index (κ2) is 7.80. The molecule has 3 aromatic rings. The van der Waals surface area contributed by atoms with Gasteiger partial charge in [-0.2, -0.15) is 5.10 Å². The molecular weight excluding hydrogens is 352 g/mol. The molecule has 148 valence electrons. The molecule has 0 amide bonds. The van der Waals surface area contributed by atoms with Gasteiger partial charge in [-0.25, -0.2) is 4.52 Å². The minimum atomic E-state index is -0.0672. The third-order valence-electron chi connectivity index (χ3n) is 5.56. The Labute approximate surface area is 165 Å². The minimum Gasteiger partial charge on any atom is -0.497 e. The fraction of sp³-hybridized carbons (Fsp3) is 0.455. The Morgan fingerprint density at radius 2 is 1.93 bits per heavy atom. The molecule has 3 heterocycles. The van der Waals surface area contributed by atoms with Gasteiger partial charge in [-0.15, -0.1) is 0 Å². The predicted molar refractivity (Wildman–Crippen MR) is 111 cm³/mol. The van der Waals surface area contributed by atoms with Gasteiger partial charge >= 0.3 is 0 Å². The van der Waals surface area contributed by atoms with Crippen molar-refractivity contribution in [2.75, 3.05) is 26.7 Å². The number of methoxy groups -OCH3 is 1. The fourth-order valence-corrected chi connectivity index (χ4v) is 4.21. The van der Waals surface area contributed by atoms with Crippen LogP contribution in [0.4, 0.5) is 0 Å². The van der Waals surface area contributed by atoms with Crippen molar-refractivity contribution in [3.63, 3.8) is 0 Å². The topological polar surface area (TPSA) is 62.6 Å². The summed E-state index contributed by atoms with van der Waals surface area (Å²) in [5.74, 6) is 1.85. The van der Waals surface area contributed by atoms with Gasteiger partial charge in [-0.1, -0.05) is 26.0 Å². The summed E-state index contributed by atoms with van der Waals surface area (Å²) in [5, 5.41) is 4.62. The molecule has 0 bridgehead atoms. The van der Waals surface area contributed by atoms with Crippen LogP contribution in [0.25, 0.3) is 16.8 Å². The smallest absolute Gasteiger partial charge is 0.251 e. The van der Waals surface area contributed by atoms with Crippen LogP contribution in [0.5, 0.6) is 5.75 Å². The number of H-pyrrole nitrogens is 1. The third-order valence-corrected chi connectivity index (χ3v) is 5.56. The van der Waals surface area contributed by atoms with Crippen LogP contribution in [0.1, 0.15) is 38.3 Å². The highest BCUT2D eigenvalue weighted by Crippen LogP contribution is 2.30. The number of hydrogen-bond donors (Lipinski definition) is 1. The van der Waals surface area contributed by atoms with Crippen molar-refractivity contribution in [2.45, 2.75) is 32.6 Å². The van der Waals surface area contributed by atoms with Crippen molar-refractivity contribution in [1.29, 1.82) is 0 Å². The van der Waals surface area contributed by atoms with E-state index in [4.69, 9.17) is 4.74 Å². The summed E-state index contributed by atoms with van der Waals surface area (Å²) in [7, 11) is 1.65. The van der Waals surface area contributed by atoms with Crippen molar-refractivity contribution >= 4 is 5.65 Å². The Hall–Kier alpha value is -2.60. The first-order valence-electron chi connectivity index (χ1n) is 10.0. The number of likely N-dealkylation sites (tertiary alicyclic amines) is 1. The number of nitrogens with one attached hydrogen (secondary N) is 1. The highest BCUT2D eigenvalue weighted by atomic mass is 16.5. The molecule has 0 atom stereocenters. The lowest BCUT2D eigenvalue weighted by Gasteiger charge is -2.33. The zero-order chi connectivity index (χ0) is 19.7. The molecule has 28 heavy (non-hydrogen) atoms. The van der Waals surface area contributed by atoms with Gasteiger partial charge < -0.3 is 14.6 Å². The number of piperidine rings is 1.